The molecule has 1 atom stereocenters. The maximum absolute atomic E-state index is 3.52. The molecule has 1 aliphatic rings. The summed E-state index contributed by atoms with van der Waals surface area (Å²) in [5, 5.41) is 6.69. The molecule has 1 fully saturated rings. The maximum Gasteiger partial charge on any atom is 0.0164 e. The van der Waals surface area contributed by atoms with Gasteiger partial charge in [0.05, 0.1) is 0 Å². The smallest absolute Gasteiger partial charge is 0.0164 e. The Balaban J connectivity index is 1.92. The average Bonchev–Trinajstić information content (AvgIpc) is 1.85. The predicted molar refractivity (Wildman–Crippen MR) is 48.7 cm³/mol. The first kappa shape index (κ1) is 9.01. The molecule has 0 aromatic heterocycles. The number of nitrogens with one attached hydrogen (secondary N) is 2. The summed E-state index contributed by atoms with van der Waals surface area (Å²) in [6, 6.07) is 0.626. The van der Waals surface area contributed by atoms with Crippen LogP contribution in [0.2, 0.25) is 0 Å². The topological polar surface area (TPSA) is 24.1 Å². The van der Waals surface area contributed by atoms with Gasteiger partial charge in [-0.15, -0.1) is 0 Å². The number of likely N-dealkylation sites (N-methyl/N-ethyl adjacent to an activating group) is 1. The molecule has 0 radical (unpaired) electrons. The van der Waals surface area contributed by atoms with Crippen LogP contribution in [0.15, 0.2) is 0 Å². The highest BCUT2D eigenvalue weighted by molar-refractivity contribution is 4.73. The van der Waals surface area contributed by atoms with Gasteiger partial charge in [0.25, 0.3) is 0 Å². The predicted octanol–water partition coefficient (Wildman–Crippen LogP) is 0.984. The fourth-order valence-corrected chi connectivity index (χ4v) is 1.44. The van der Waals surface area contributed by atoms with E-state index in [0.717, 1.165) is 12.5 Å². The maximum atomic E-state index is 3.52. The van der Waals surface area contributed by atoms with E-state index in [4.69, 9.17) is 0 Å². The van der Waals surface area contributed by atoms with Crippen molar-refractivity contribution >= 4 is 0 Å². The van der Waals surface area contributed by atoms with E-state index in [1.165, 1.54) is 25.8 Å². The van der Waals surface area contributed by atoms with Gasteiger partial charge >= 0.3 is 0 Å². The standard InChI is InChI=1S/C9H20N2/c1-8(6-10-2)11-7-9-4-3-5-9/h8-11H,3-7H2,1-2H3. The molecule has 0 amide bonds. The van der Waals surface area contributed by atoms with Gasteiger partial charge in [0.2, 0.25) is 0 Å². The second kappa shape index (κ2) is 4.73. The number of rotatable bonds is 5. The van der Waals surface area contributed by atoms with E-state index in [-0.39, 0.29) is 0 Å². The summed E-state index contributed by atoms with van der Waals surface area (Å²) in [6.45, 7) is 4.53. The molecular weight excluding hydrogens is 136 g/mol. The Hall–Kier alpha value is -0.0800. The van der Waals surface area contributed by atoms with Gasteiger partial charge < -0.3 is 10.6 Å². The van der Waals surface area contributed by atoms with Gasteiger partial charge in [0, 0.05) is 12.6 Å². The fourth-order valence-electron chi connectivity index (χ4n) is 1.44. The van der Waals surface area contributed by atoms with Crippen LogP contribution < -0.4 is 10.6 Å². The van der Waals surface area contributed by atoms with Gasteiger partial charge in [-0.05, 0) is 39.3 Å². The summed E-state index contributed by atoms with van der Waals surface area (Å²) in [6.07, 6.45) is 4.34. The van der Waals surface area contributed by atoms with Crippen LogP contribution in [0.1, 0.15) is 26.2 Å². The first-order valence-corrected chi connectivity index (χ1v) is 4.71. The molecule has 0 aliphatic heterocycles. The molecule has 1 saturated carbocycles. The molecular formula is C9H20N2. The summed E-state index contributed by atoms with van der Waals surface area (Å²) >= 11 is 0. The Bertz CT molecular complexity index is 99.7. The highest BCUT2D eigenvalue weighted by Gasteiger charge is 2.17. The summed E-state index contributed by atoms with van der Waals surface area (Å²) in [5.41, 5.74) is 0. The molecule has 0 spiro atoms. The molecule has 1 rings (SSSR count). The van der Waals surface area contributed by atoms with Crippen molar-refractivity contribution in [3.8, 4) is 0 Å². The Morgan fingerprint density at radius 1 is 1.45 bits per heavy atom. The van der Waals surface area contributed by atoms with E-state index in [1.54, 1.807) is 0 Å². The van der Waals surface area contributed by atoms with Crippen LogP contribution in [0.4, 0.5) is 0 Å². The molecule has 2 heteroatoms. The summed E-state index contributed by atoms with van der Waals surface area (Å²) in [5.74, 6) is 0.981. The summed E-state index contributed by atoms with van der Waals surface area (Å²) in [7, 11) is 2.00. The van der Waals surface area contributed by atoms with Crippen molar-refractivity contribution in [1.82, 2.24) is 10.6 Å². The lowest BCUT2D eigenvalue weighted by atomic mass is 9.85. The third-order valence-corrected chi connectivity index (χ3v) is 2.49. The van der Waals surface area contributed by atoms with Crippen LogP contribution >= 0.6 is 0 Å². The molecule has 1 aliphatic carbocycles. The lowest BCUT2D eigenvalue weighted by molar-refractivity contribution is 0.290. The Kier molecular flexibility index (Phi) is 3.87. The third-order valence-electron chi connectivity index (χ3n) is 2.49. The van der Waals surface area contributed by atoms with Crippen LogP contribution in [0.5, 0.6) is 0 Å². The Morgan fingerprint density at radius 2 is 2.18 bits per heavy atom. The zero-order valence-corrected chi connectivity index (χ0v) is 7.69. The minimum atomic E-state index is 0.626. The molecule has 2 N–H and O–H groups in total. The second-order valence-electron chi connectivity index (χ2n) is 3.66. The van der Waals surface area contributed by atoms with Crippen molar-refractivity contribution in [3.05, 3.63) is 0 Å². The van der Waals surface area contributed by atoms with Gasteiger partial charge in [-0.1, -0.05) is 6.42 Å². The zero-order valence-electron chi connectivity index (χ0n) is 7.69. The SMILES string of the molecule is CNCC(C)NCC1CCC1. The van der Waals surface area contributed by atoms with E-state index in [2.05, 4.69) is 17.6 Å². The van der Waals surface area contributed by atoms with Crippen LogP contribution in [0, 0.1) is 5.92 Å². The second-order valence-corrected chi connectivity index (χ2v) is 3.66. The molecule has 11 heavy (non-hydrogen) atoms. The van der Waals surface area contributed by atoms with Crippen LogP contribution in [0.3, 0.4) is 0 Å². The lowest BCUT2D eigenvalue weighted by Gasteiger charge is -2.27. The zero-order chi connectivity index (χ0) is 8.10. The molecule has 66 valence electrons. The van der Waals surface area contributed by atoms with Crippen LogP contribution in [-0.2, 0) is 0 Å². The van der Waals surface area contributed by atoms with E-state index in [9.17, 15) is 0 Å². The van der Waals surface area contributed by atoms with E-state index in [0.29, 0.717) is 6.04 Å². The van der Waals surface area contributed by atoms with Gasteiger partial charge in [-0.25, -0.2) is 0 Å². The Labute approximate surface area is 69.8 Å². The summed E-state index contributed by atoms with van der Waals surface area (Å²) in [4.78, 5) is 0. The van der Waals surface area contributed by atoms with Gasteiger partial charge in [-0.3, -0.25) is 0 Å². The third kappa shape index (κ3) is 3.21. The van der Waals surface area contributed by atoms with Gasteiger partial charge in [0.1, 0.15) is 0 Å². The monoisotopic (exact) mass is 156 g/mol. The average molecular weight is 156 g/mol. The molecule has 0 aromatic carbocycles. The number of hydrogen-bond acceptors (Lipinski definition) is 2. The minimum absolute atomic E-state index is 0.626. The number of hydrogen-bond donors (Lipinski definition) is 2. The van der Waals surface area contributed by atoms with Crippen molar-refractivity contribution < 1.29 is 0 Å². The fraction of sp³-hybridized carbons (Fsp3) is 1.00. The first-order chi connectivity index (χ1) is 5.33. The minimum Gasteiger partial charge on any atom is -0.318 e. The Morgan fingerprint density at radius 3 is 2.64 bits per heavy atom. The van der Waals surface area contributed by atoms with Crippen molar-refractivity contribution in [2.24, 2.45) is 5.92 Å². The largest absolute Gasteiger partial charge is 0.318 e. The molecule has 0 heterocycles. The van der Waals surface area contributed by atoms with Crippen molar-refractivity contribution in [1.29, 1.82) is 0 Å². The van der Waals surface area contributed by atoms with Crippen LogP contribution in [0.25, 0.3) is 0 Å². The molecule has 0 saturated heterocycles. The van der Waals surface area contributed by atoms with E-state index < -0.39 is 0 Å². The van der Waals surface area contributed by atoms with Crippen molar-refractivity contribution in [3.63, 3.8) is 0 Å². The van der Waals surface area contributed by atoms with E-state index >= 15 is 0 Å². The quantitative estimate of drug-likeness (QED) is 0.620. The van der Waals surface area contributed by atoms with Crippen molar-refractivity contribution in [2.75, 3.05) is 20.1 Å². The molecule has 0 aromatic rings. The molecule has 2 nitrogen and oxygen atoms in total. The van der Waals surface area contributed by atoms with Gasteiger partial charge in [-0.2, -0.15) is 0 Å². The first-order valence-electron chi connectivity index (χ1n) is 4.71. The van der Waals surface area contributed by atoms with E-state index in [1.807, 2.05) is 7.05 Å². The normalized spacial score (nSPS) is 21.3. The lowest BCUT2D eigenvalue weighted by Crippen LogP contribution is -2.39. The van der Waals surface area contributed by atoms with Gasteiger partial charge in [0.15, 0.2) is 0 Å². The van der Waals surface area contributed by atoms with Crippen LogP contribution in [-0.4, -0.2) is 26.2 Å². The highest BCUT2D eigenvalue weighted by atomic mass is 15.0. The van der Waals surface area contributed by atoms with Crippen molar-refractivity contribution in [2.45, 2.75) is 32.2 Å². The molecule has 0 bridgehead atoms. The molecule has 1 unspecified atom stereocenters. The summed E-state index contributed by atoms with van der Waals surface area (Å²) < 4.78 is 0. The highest BCUT2D eigenvalue weighted by Crippen LogP contribution is 2.25.